The average Bonchev–Trinajstić information content (AvgIpc) is 2.76. The zero-order valence-electron chi connectivity index (χ0n) is 16.9. The van der Waals surface area contributed by atoms with Crippen molar-refractivity contribution in [3.63, 3.8) is 0 Å². The predicted octanol–water partition coefficient (Wildman–Crippen LogP) is 2.51. The fourth-order valence-electron chi connectivity index (χ4n) is 2.95. The van der Waals surface area contributed by atoms with Crippen molar-refractivity contribution < 1.29 is 27.4 Å². The summed E-state index contributed by atoms with van der Waals surface area (Å²) in [6.45, 7) is 4.11. The highest BCUT2D eigenvalue weighted by Gasteiger charge is 2.26. The molecule has 0 unspecified atom stereocenters. The van der Waals surface area contributed by atoms with Gasteiger partial charge in [-0.1, -0.05) is 6.07 Å². The number of ether oxygens (including phenoxy) is 3. The molecule has 0 atom stereocenters. The number of morpholine rings is 1. The first-order valence-electron chi connectivity index (χ1n) is 9.82. The number of benzene rings is 2. The summed E-state index contributed by atoms with van der Waals surface area (Å²) in [6, 6.07) is 13.4. The average molecular weight is 435 g/mol. The summed E-state index contributed by atoms with van der Waals surface area (Å²) in [7, 11) is -3.61. The Morgan fingerprint density at radius 2 is 1.73 bits per heavy atom. The molecule has 0 aliphatic carbocycles. The first-order chi connectivity index (χ1) is 14.5. The summed E-state index contributed by atoms with van der Waals surface area (Å²) in [4.78, 5) is 12.4. The lowest BCUT2D eigenvalue weighted by molar-refractivity contribution is -0.116. The van der Waals surface area contributed by atoms with Crippen molar-refractivity contribution in [1.82, 2.24) is 4.31 Å². The highest BCUT2D eigenvalue weighted by molar-refractivity contribution is 7.89. The van der Waals surface area contributed by atoms with E-state index in [-0.39, 0.29) is 23.8 Å². The Balaban J connectivity index is 1.52. The van der Waals surface area contributed by atoms with E-state index in [1.807, 2.05) is 6.92 Å². The van der Waals surface area contributed by atoms with E-state index in [1.165, 1.54) is 16.4 Å². The summed E-state index contributed by atoms with van der Waals surface area (Å²) in [5.41, 5.74) is 0.426. The number of hydrogen-bond acceptors (Lipinski definition) is 6. The summed E-state index contributed by atoms with van der Waals surface area (Å²) in [5, 5.41) is 2.72. The van der Waals surface area contributed by atoms with Crippen LogP contribution >= 0.6 is 0 Å². The van der Waals surface area contributed by atoms with Crippen molar-refractivity contribution in [2.45, 2.75) is 18.2 Å². The molecule has 9 heteroatoms. The third kappa shape index (κ3) is 5.94. The topological polar surface area (TPSA) is 94.2 Å². The van der Waals surface area contributed by atoms with Crippen LogP contribution < -0.4 is 14.8 Å². The standard InChI is InChI=1S/C21H26N2O6S/c1-2-28-18-6-8-19(9-7-18)29-13-10-21(24)22-17-4-3-5-20(16-17)30(25,26)23-11-14-27-15-12-23/h3-9,16H,2,10-15H2,1H3,(H,22,24). The Bertz CT molecular complexity index is 940. The number of rotatable bonds is 9. The molecular weight excluding hydrogens is 408 g/mol. The normalized spacial score (nSPS) is 14.8. The molecular formula is C21H26N2O6S. The summed E-state index contributed by atoms with van der Waals surface area (Å²) in [6.07, 6.45) is 0.133. The molecule has 2 aromatic rings. The highest BCUT2D eigenvalue weighted by atomic mass is 32.2. The van der Waals surface area contributed by atoms with Gasteiger partial charge in [-0.25, -0.2) is 8.42 Å². The molecule has 1 saturated heterocycles. The Labute approximate surface area is 176 Å². The van der Waals surface area contributed by atoms with E-state index >= 15 is 0 Å². The van der Waals surface area contributed by atoms with E-state index in [0.29, 0.717) is 44.3 Å². The van der Waals surface area contributed by atoms with Gasteiger partial charge < -0.3 is 19.5 Å². The van der Waals surface area contributed by atoms with Crippen molar-refractivity contribution in [3.8, 4) is 11.5 Å². The van der Waals surface area contributed by atoms with Crippen molar-refractivity contribution >= 4 is 21.6 Å². The van der Waals surface area contributed by atoms with E-state index < -0.39 is 10.0 Å². The maximum absolute atomic E-state index is 12.7. The molecule has 30 heavy (non-hydrogen) atoms. The fourth-order valence-corrected chi connectivity index (χ4v) is 4.41. The van der Waals surface area contributed by atoms with Gasteiger partial charge in [0.15, 0.2) is 0 Å². The SMILES string of the molecule is CCOc1ccc(OCCC(=O)Nc2cccc(S(=O)(=O)N3CCOCC3)c2)cc1. The van der Waals surface area contributed by atoms with Gasteiger partial charge in [-0.3, -0.25) is 4.79 Å². The monoisotopic (exact) mass is 434 g/mol. The maximum Gasteiger partial charge on any atom is 0.243 e. The Hall–Kier alpha value is -2.62. The summed E-state index contributed by atoms with van der Waals surface area (Å²) >= 11 is 0. The second kappa shape index (κ2) is 10.4. The molecule has 1 N–H and O–H groups in total. The van der Waals surface area contributed by atoms with Gasteiger partial charge in [-0.05, 0) is 49.4 Å². The van der Waals surface area contributed by atoms with Crippen LogP contribution in [0.1, 0.15) is 13.3 Å². The van der Waals surface area contributed by atoms with Gasteiger partial charge in [0, 0.05) is 18.8 Å². The molecule has 162 valence electrons. The number of amides is 1. The van der Waals surface area contributed by atoms with E-state index in [0.717, 1.165) is 5.75 Å². The van der Waals surface area contributed by atoms with Crippen LogP contribution in [0, 0.1) is 0 Å². The van der Waals surface area contributed by atoms with Crippen LogP contribution in [0.4, 0.5) is 5.69 Å². The van der Waals surface area contributed by atoms with E-state index in [1.54, 1.807) is 36.4 Å². The molecule has 2 aromatic carbocycles. The number of carbonyl (C=O) groups is 1. The zero-order chi connectivity index (χ0) is 21.4. The first kappa shape index (κ1) is 22.1. The van der Waals surface area contributed by atoms with Crippen LogP contribution in [-0.4, -0.2) is 58.1 Å². The number of anilines is 1. The molecule has 1 aliphatic rings. The van der Waals surface area contributed by atoms with Gasteiger partial charge in [0.25, 0.3) is 0 Å². The molecule has 0 spiro atoms. The Morgan fingerprint density at radius 1 is 1.07 bits per heavy atom. The second-order valence-corrected chi connectivity index (χ2v) is 8.53. The number of nitrogens with one attached hydrogen (secondary N) is 1. The highest BCUT2D eigenvalue weighted by Crippen LogP contribution is 2.21. The second-order valence-electron chi connectivity index (χ2n) is 6.60. The zero-order valence-corrected chi connectivity index (χ0v) is 17.7. The minimum Gasteiger partial charge on any atom is -0.494 e. The van der Waals surface area contributed by atoms with Gasteiger partial charge in [-0.15, -0.1) is 0 Å². The molecule has 8 nitrogen and oxygen atoms in total. The fraction of sp³-hybridized carbons (Fsp3) is 0.381. The van der Waals surface area contributed by atoms with Gasteiger partial charge >= 0.3 is 0 Å². The lowest BCUT2D eigenvalue weighted by atomic mass is 10.3. The minimum absolute atomic E-state index is 0.133. The Morgan fingerprint density at radius 3 is 2.40 bits per heavy atom. The Kier molecular flexibility index (Phi) is 7.67. The minimum atomic E-state index is -3.61. The van der Waals surface area contributed by atoms with Crippen molar-refractivity contribution in [2.24, 2.45) is 0 Å². The molecule has 3 rings (SSSR count). The van der Waals surface area contributed by atoms with Gasteiger partial charge in [-0.2, -0.15) is 4.31 Å². The molecule has 1 amide bonds. The quantitative estimate of drug-likeness (QED) is 0.652. The van der Waals surface area contributed by atoms with Gasteiger partial charge in [0.1, 0.15) is 11.5 Å². The lowest BCUT2D eigenvalue weighted by Gasteiger charge is -2.26. The van der Waals surface area contributed by atoms with Crippen molar-refractivity contribution in [2.75, 3.05) is 44.8 Å². The molecule has 1 aliphatic heterocycles. The van der Waals surface area contributed by atoms with Crippen molar-refractivity contribution in [3.05, 3.63) is 48.5 Å². The number of carbonyl (C=O) groups excluding carboxylic acids is 1. The van der Waals surface area contributed by atoms with Crippen LogP contribution in [0.25, 0.3) is 0 Å². The smallest absolute Gasteiger partial charge is 0.243 e. The van der Waals surface area contributed by atoms with Crippen LogP contribution in [0.2, 0.25) is 0 Å². The third-order valence-electron chi connectivity index (χ3n) is 4.46. The van der Waals surface area contributed by atoms with Gasteiger partial charge in [0.05, 0.1) is 37.7 Å². The van der Waals surface area contributed by atoms with Crippen LogP contribution in [-0.2, 0) is 19.6 Å². The molecule has 0 aromatic heterocycles. The molecule has 0 bridgehead atoms. The van der Waals surface area contributed by atoms with E-state index in [4.69, 9.17) is 14.2 Å². The maximum atomic E-state index is 12.7. The first-order valence-corrected chi connectivity index (χ1v) is 11.3. The summed E-state index contributed by atoms with van der Waals surface area (Å²) in [5.74, 6) is 1.14. The van der Waals surface area contributed by atoms with Crippen molar-refractivity contribution in [1.29, 1.82) is 0 Å². The van der Waals surface area contributed by atoms with Crippen LogP contribution in [0.3, 0.4) is 0 Å². The predicted molar refractivity (Wildman–Crippen MR) is 112 cm³/mol. The number of hydrogen-bond donors (Lipinski definition) is 1. The van der Waals surface area contributed by atoms with Crippen LogP contribution in [0.5, 0.6) is 11.5 Å². The number of nitrogens with zero attached hydrogens (tertiary/aromatic N) is 1. The van der Waals surface area contributed by atoms with E-state index in [2.05, 4.69) is 5.32 Å². The summed E-state index contributed by atoms with van der Waals surface area (Å²) < 4.78 is 43.0. The molecule has 1 fully saturated rings. The molecule has 1 heterocycles. The largest absolute Gasteiger partial charge is 0.494 e. The lowest BCUT2D eigenvalue weighted by Crippen LogP contribution is -2.40. The number of sulfonamides is 1. The van der Waals surface area contributed by atoms with Crippen LogP contribution in [0.15, 0.2) is 53.4 Å². The van der Waals surface area contributed by atoms with E-state index in [9.17, 15) is 13.2 Å². The van der Waals surface area contributed by atoms with Gasteiger partial charge in [0.2, 0.25) is 15.9 Å². The molecule has 0 radical (unpaired) electrons. The third-order valence-corrected chi connectivity index (χ3v) is 6.35. The molecule has 0 saturated carbocycles.